The molecule has 1 atom stereocenters. The van der Waals surface area contributed by atoms with Gasteiger partial charge >= 0.3 is 0 Å². The monoisotopic (exact) mass is 199 g/mol. The number of nitrogens with two attached hydrogens (primary N) is 1. The highest BCUT2D eigenvalue weighted by Crippen LogP contribution is 2.28. The molecular formula is C10H14FNO2. The van der Waals surface area contributed by atoms with E-state index >= 15 is 0 Å². The molecule has 0 radical (unpaired) electrons. The molecule has 0 aromatic heterocycles. The minimum atomic E-state index is -0.464. The van der Waals surface area contributed by atoms with Crippen molar-refractivity contribution in [2.75, 3.05) is 13.8 Å². The van der Waals surface area contributed by atoms with Crippen molar-refractivity contribution in [2.24, 2.45) is 5.73 Å². The van der Waals surface area contributed by atoms with E-state index in [1.54, 1.807) is 12.1 Å². The van der Waals surface area contributed by atoms with Gasteiger partial charge in [0, 0.05) is 6.04 Å². The quantitative estimate of drug-likeness (QED) is 0.776. The Kier molecular flexibility index (Phi) is 3.71. The van der Waals surface area contributed by atoms with Crippen LogP contribution in [0.5, 0.6) is 11.5 Å². The third-order valence-corrected chi connectivity index (χ3v) is 2.05. The van der Waals surface area contributed by atoms with Gasteiger partial charge in [-0.15, -0.1) is 0 Å². The summed E-state index contributed by atoms with van der Waals surface area (Å²) in [7, 11) is 1.47. The number of rotatable bonds is 4. The summed E-state index contributed by atoms with van der Waals surface area (Å²) < 4.78 is 16.9. The molecule has 78 valence electrons. The van der Waals surface area contributed by atoms with Crippen molar-refractivity contribution in [3.8, 4) is 11.5 Å². The van der Waals surface area contributed by atoms with E-state index in [1.165, 1.54) is 13.2 Å². The molecular weight excluding hydrogens is 185 g/mol. The number of ether oxygens (including phenoxy) is 1. The molecule has 0 spiro atoms. The van der Waals surface area contributed by atoms with Gasteiger partial charge in [0.2, 0.25) is 0 Å². The van der Waals surface area contributed by atoms with Crippen molar-refractivity contribution in [3.05, 3.63) is 23.8 Å². The molecule has 0 saturated carbocycles. The van der Waals surface area contributed by atoms with Crippen LogP contribution in [0.3, 0.4) is 0 Å². The SMILES string of the molecule is COc1ccc([C@H](N)CCF)cc1O. The summed E-state index contributed by atoms with van der Waals surface area (Å²) in [6.07, 6.45) is 0.256. The lowest BCUT2D eigenvalue weighted by Crippen LogP contribution is -2.10. The molecule has 3 N–H and O–H groups in total. The van der Waals surface area contributed by atoms with Crippen LogP contribution in [-0.4, -0.2) is 18.9 Å². The second-order valence-corrected chi connectivity index (χ2v) is 3.02. The van der Waals surface area contributed by atoms with Gasteiger partial charge in [0.05, 0.1) is 13.8 Å². The number of phenols is 1. The highest BCUT2D eigenvalue weighted by Gasteiger charge is 2.08. The number of hydrogen-bond donors (Lipinski definition) is 2. The first-order chi connectivity index (χ1) is 6.69. The van der Waals surface area contributed by atoms with E-state index in [0.717, 1.165) is 0 Å². The summed E-state index contributed by atoms with van der Waals surface area (Å²) >= 11 is 0. The van der Waals surface area contributed by atoms with Crippen LogP contribution in [0.4, 0.5) is 4.39 Å². The molecule has 0 aliphatic rings. The largest absolute Gasteiger partial charge is 0.504 e. The van der Waals surface area contributed by atoms with Crippen LogP contribution in [0.2, 0.25) is 0 Å². The number of phenolic OH excluding ortho intramolecular Hbond substituents is 1. The molecule has 14 heavy (non-hydrogen) atoms. The van der Waals surface area contributed by atoms with Gasteiger partial charge in [0.15, 0.2) is 11.5 Å². The van der Waals surface area contributed by atoms with Crippen LogP contribution in [0.1, 0.15) is 18.0 Å². The van der Waals surface area contributed by atoms with E-state index in [9.17, 15) is 9.50 Å². The van der Waals surface area contributed by atoms with E-state index in [4.69, 9.17) is 10.5 Å². The smallest absolute Gasteiger partial charge is 0.160 e. The highest BCUT2D eigenvalue weighted by molar-refractivity contribution is 5.42. The molecule has 3 nitrogen and oxygen atoms in total. The van der Waals surface area contributed by atoms with E-state index in [2.05, 4.69) is 0 Å². The molecule has 1 aromatic rings. The van der Waals surface area contributed by atoms with Crippen molar-refractivity contribution >= 4 is 0 Å². The maximum Gasteiger partial charge on any atom is 0.160 e. The van der Waals surface area contributed by atoms with E-state index in [0.29, 0.717) is 11.3 Å². The minimum Gasteiger partial charge on any atom is -0.504 e. The molecule has 0 aliphatic heterocycles. The zero-order chi connectivity index (χ0) is 10.6. The Morgan fingerprint density at radius 2 is 2.29 bits per heavy atom. The molecule has 0 heterocycles. The summed E-state index contributed by atoms with van der Waals surface area (Å²) in [5, 5.41) is 9.43. The maximum atomic E-state index is 12.0. The van der Waals surface area contributed by atoms with Crippen LogP contribution in [0.25, 0.3) is 0 Å². The van der Waals surface area contributed by atoms with Gasteiger partial charge in [-0.05, 0) is 24.1 Å². The predicted octanol–water partition coefficient (Wildman–Crippen LogP) is 1.76. The lowest BCUT2D eigenvalue weighted by molar-refractivity contribution is 0.372. The zero-order valence-electron chi connectivity index (χ0n) is 8.03. The summed E-state index contributed by atoms with van der Waals surface area (Å²) in [6.45, 7) is -0.464. The zero-order valence-corrected chi connectivity index (χ0v) is 8.03. The predicted molar refractivity (Wildman–Crippen MR) is 52.2 cm³/mol. The van der Waals surface area contributed by atoms with E-state index in [-0.39, 0.29) is 18.2 Å². The van der Waals surface area contributed by atoms with Crippen LogP contribution in [-0.2, 0) is 0 Å². The topological polar surface area (TPSA) is 55.5 Å². The maximum absolute atomic E-state index is 12.0. The van der Waals surface area contributed by atoms with Crippen LogP contribution >= 0.6 is 0 Å². The number of hydrogen-bond acceptors (Lipinski definition) is 3. The fourth-order valence-corrected chi connectivity index (χ4v) is 1.22. The fraction of sp³-hybridized carbons (Fsp3) is 0.400. The Morgan fingerprint density at radius 3 is 2.79 bits per heavy atom. The van der Waals surface area contributed by atoms with Crippen LogP contribution in [0.15, 0.2) is 18.2 Å². The third kappa shape index (κ3) is 2.35. The highest BCUT2D eigenvalue weighted by atomic mass is 19.1. The first kappa shape index (κ1) is 10.8. The molecule has 1 rings (SSSR count). The molecule has 4 heteroatoms. The van der Waals surface area contributed by atoms with Crippen LogP contribution < -0.4 is 10.5 Å². The summed E-state index contributed by atoms with van der Waals surface area (Å²) in [6, 6.07) is 4.46. The normalized spacial score (nSPS) is 12.5. The molecule has 0 unspecified atom stereocenters. The first-order valence-electron chi connectivity index (χ1n) is 4.37. The standard InChI is InChI=1S/C10H14FNO2/c1-14-10-3-2-7(6-9(10)13)8(12)4-5-11/h2-3,6,8,13H,4-5,12H2,1H3/t8-/m1/s1. The lowest BCUT2D eigenvalue weighted by atomic mass is 10.0. The molecule has 0 amide bonds. The second-order valence-electron chi connectivity index (χ2n) is 3.02. The Balaban J connectivity index is 2.85. The molecule has 1 aromatic carbocycles. The Hall–Kier alpha value is -1.29. The molecule has 0 aliphatic carbocycles. The van der Waals surface area contributed by atoms with Gasteiger partial charge in [0.1, 0.15) is 0 Å². The lowest BCUT2D eigenvalue weighted by Gasteiger charge is -2.11. The average Bonchev–Trinajstić information content (AvgIpc) is 2.18. The number of benzene rings is 1. The molecule has 0 fully saturated rings. The second kappa shape index (κ2) is 4.81. The van der Waals surface area contributed by atoms with Crippen molar-refractivity contribution in [1.29, 1.82) is 0 Å². The number of aromatic hydroxyl groups is 1. The summed E-state index contributed by atoms with van der Waals surface area (Å²) in [5.41, 5.74) is 6.38. The van der Waals surface area contributed by atoms with E-state index < -0.39 is 6.67 Å². The third-order valence-electron chi connectivity index (χ3n) is 2.05. The van der Waals surface area contributed by atoms with Gasteiger partial charge in [-0.2, -0.15) is 0 Å². The average molecular weight is 199 g/mol. The van der Waals surface area contributed by atoms with E-state index in [1.807, 2.05) is 0 Å². The van der Waals surface area contributed by atoms with Gasteiger partial charge in [-0.3, -0.25) is 4.39 Å². The summed E-state index contributed by atoms with van der Waals surface area (Å²) in [5.74, 6) is 0.417. The Bertz CT molecular complexity index is 304. The van der Waals surface area contributed by atoms with Gasteiger partial charge < -0.3 is 15.6 Å². The fourth-order valence-electron chi connectivity index (χ4n) is 1.22. The van der Waals surface area contributed by atoms with Crippen molar-refractivity contribution in [2.45, 2.75) is 12.5 Å². The van der Waals surface area contributed by atoms with Gasteiger partial charge in [-0.1, -0.05) is 6.07 Å². The molecule has 0 bridgehead atoms. The minimum absolute atomic E-state index is 0.0271. The van der Waals surface area contributed by atoms with Crippen molar-refractivity contribution in [1.82, 2.24) is 0 Å². The number of methoxy groups -OCH3 is 1. The van der Waals surface area contributed by atoms with Crippen LogP contribution in [0, 0.1) is 0 Å². The van der Waals surface area contributed by atoms with Gasteiger partial charge in [-0.25, -0.2) is 0 Å². The van der Waals surface area contributed by atoms with Crippen molar-refractivity contribution in [3.63, 3.8) is 0 Å². The Morgan fingerprint density at radius 1 is 1.57 bits per heavy atom. The number of alkyl halides is 1. The molecule has 0 saturated heterocycles. The summed E-state index contributed by atoms with van der Waals surface area (Å²) in [4.78, 5) is 0. The first-order valence-corrected chi connectivity index (χ1v) is 4.37. The number of halogens is 1. The van der Waals surface area contributed by atoms with Crippen molar-refractivity contribution < 1.29 is 14.2 Å². The Labute approximate surface area is 82.3 Å². The van der Waals surface area contributed by atoms with Gasteiger partial charge in [0.25, 0.3) is 0 Å².